The first kappa shape index (κ1) is 11.3. The van der Waals surface area contributed by atoms with Gasteiger partial charge in [0.25, 0.3) is 0 Å². The van der Waals surface area contributed by atoms with E-state index in [-0.39, 0.29) is 0 Å². The van der Waals surface area contributed by atoms with Crippen LogP contribution in [-0.4, -0.2) is 14.0 Å². The monoisotopic (exact) mass is 242 g/mol. The van der Waals surface area contributed by atoms with Gasteiger partial charge in [-0.05, 0) is 17.5 Å². The molecule has 0 radical (unpaired) electrons. The molecule has 4 heteroatoms. The Balaban J connectivity index is 2.42. The predicted molar refractivity (Wildman–Crippen MR) is 73.6 cm³/mol. The van der Waals surface area contributed by atoms with Crippen LogP contribution >= 0.6 is 0 Å². The third-order valence-corrected chi connectivity index (χ3v) is 3.57. The predicted octanol–water partition coefficient (Wildman–Crippen LogP) is 2.41. The van der Waals surface area contributed by atoms with Crippen molar-refractivity contribution in [2.24, 2.45) is 12.8 Å². The summed E-state index contributed by atoms with van der Waals surface area (Å²) in [6.07, 6.45) is 2.08. The molecule has 2 heterocycles. The standard InChI is InChI=1S/C14H18N4/c1-9(2)11-5-4-6-12-13(11)16-14-17(3)10(7-15)8-18(12)14/h4-6,8-9H,7,15H2,1-3H3. The van der Waals surface area contributed by atoms with Gasteiger partial charge in [0.15, 0.2) is 0 Å². The second-order valence-corrected chi connectivity index (χ2v) is 5.04. The molecule has 2 N–H and O–H groups in total. The summed E-state index contributed by atoms with van der Waals surface area (Å²) in [4.78, 5) is 4.77. The Hall–Kier alpha value is -1.81. The van der Waals surface area contributed by atoms with Crippen molar-refractivity contribution in [3.05, 3.63) is 35.7 Å². The highest BCUT2D eigenvalue weighted by Crippen LogP contribution is 2.26. The van der Waals surface area contributed by atoms with Crippen LogP contribution in [0.1, 0.15) is 31.0 Å². The van der Waals surface area contributed by atoms with E-state index in [1.807, 2.05) is 7.05 Å². The fourth-order valence-corrected chi connectivity index (χ4v) is 2.51. The molecule has 3 rings (SSSR count). The van der Waals surface area contributed by atoms with Crippen LogP contribution in [0.25, 0.3) is 16.8 Å². The number of nitrogens with two attached hydrogens (primary N) is 1. The highest BCUT2D eigenvalue weighted by Gasteiger charge is 2.14. The van der Waals surface area contributed by atoms with E-state index in [1.165, 1.54) is 5.56 Å². The van der Waals surface area contributed by atoms with Gasteiger partial charge in [0.2, 0.25) is 5.78 Å². The van der Waals surface area contributed by atoms with E-state index in [4.69, 9.17) is 10.7 Å². The zero-order chi connectivity index (χ0) is 12.9. The van der Waals surface area contributed by atoms with Crippen molar-refractivity contribution < 1.29 is 0 Å². The summed E-state index contributed by atoms with van der Waals surface area (Å²) in [6.45, 7) is 4.93. The molecule has 0 aliphatic rings. The SMILES string of the molecule is CC(C)c1cccc2c1nc1n(C)c(CN)cn21. The molecule has 0 fully saturated rings. The number of rotatable bonds is 2. The van der Waals surface area contributed by atoms with Crippen molar-refractivity contribution in [3.63, 3.8) is 0 Å². The molecule has 0 bridgehead atoms. The molecule has 18 heavy (non-hydrogen) atoms. The molecule has 0 atom stereocenters. The van der Waals surface area contributed by atoms with Gasteiger partial charge in [0, 0.05) is 19.8 Å². The van der Waals surface area contributed by atoms with Crippen LogP contribution in [0.3, 0.4) is 0 Å². The zero-order valence-electron chi connectivity index (χ0n) is 11.0. The molecule has 0 spiro atoms. The quantitative estimate of drug-likeness (QED) is 0.750. The van der Waals surface area contributed by atoms with Crippen LogP contribution in [0.2, 0.25) is 0 Å². The lowest BCUT2D eigenvalue weighted by Gasteiger charge is -2.05. The maximum atomic E-state index is 5.73. The van der Waals surface area contributed by atoms with Crippen LogP contribution in [0, 0.1) is 0 Å². The smallest absolute Gasteiger partial charge is 0.214 e. The molecule has 0 amide bonds. The van der Waals surface area contributed by atoms with Crippen LogP contribution in [0.15, 0.2) is 24.4 Å². The van der Waals surface area contributed by atoms with Gasteiger partial charge in [0.05, 0.1) is 16.7 Å². The van der Waals surface area contributed by atoms with E-state index < -0.39 is 0 Å². The highest BCUT2D eigenvalue weighted by atomic mass is 15.2. The topological polar surface area (TPSA) is 48.2 Å². The van der Waals surface area contributed by atoms with Crippen molar-refractivity contribution in [1.82, 2.24) is 14.0 Å². The van der Waals surface area contributed by atoms with Crippen LogP contribution in [0.5, 0.6) is 0 Å². The van der Waals surface area contributed by atoms with Gasteiger partial charge in [-0.3, -0.25) is 4.40 Å². The average Bonchev–Trinajstić information content (AvgIpc) is 2.86. The Morgan fingerprint density at radius 2 is 2.11 bits per heavy atom. The number of benzene rings is 1. The first-order chi connectivity index (χ1) is 8.63. The van der Waals surface area contributed by atoms with Crippen molar-refractivity contribution in [3.8, 4) is 0 Å². The van der Waals surface area contributed by atoms with Gasteiger partial charge in [-0.15, -0.1) is 0 Å². The largest absolute Gasteiger partial charge is 0.325 e. The normalized spacial score (nSPS) is 12.1. The van der Waals surface area contributed by atoms with Crippen molar-refractivity contribution in [2.75, 3.05) is 0 Å². The minimum absolute atomic E-state index is 0.479. The number of aromatic nitrogens is 3. The summed E-state index contributed by atoms with van der Waals surface area (Å²) in [5.74, 6) is 1.44. The van der Waals surface area contributed by atoms with Gasteiger partial charge in [-0.25, -0.2) is 4.98 Å². The summed E-state index contributed by atoms with van der Waals surface area (Å²) in [5, 5.41) is 0. The molecule has 0 saturated heterocycles. The van der Waals surface area contributed by atoms with E-state index in [0.29, 0.717) is 12.5 Å². The van der Waals surface area contributed by atoms with E-state index in [2.05, 4.69) is 47.2 Å². The number of nitrogens with zero attached hydrogens (tertiary/aromatic N) is 3. The van der Waals surface area contributed by atoms with E-state index in [1.54, 1.807) is 0 Å². The number of imidazole rings is 2. The summed E-state index contributed by atoms with van der Waals surface area (Å²) in [7, 11) is 2.01. The third-order valence-electron chi connectivity index (χ3n) is 3.57. The van der Waals surface area contributed by atoms with Crippen LogP contribution in [-0.2, 0) is 13.6 Å². The van der Waals surface area contributed by atoms with Crippen molar-refractivity contribution in [2.45, 2.75) is 26.3 Å². The van der Waals surface area contributed by atoms with Crippen molar-refractivity contribution in [1.29, 1.82) is 0 Å². The molecule has 0 unspecified atom stereocenters. The molecule has 1 aromatic carbocycles. The molecular formula is C14H18N4. The lowest BCUT2D eigenvalue weighted by Crippen LogP contribution is -2.03. The fourth-order valence-electron chi connectivity index (χ4n) is 2.51. The molecule has 0 saturated carbocycles. The number of hydrogen-bond donors (Lipinski definition) is 1. The van der Waals surface area contributed by atoms with Gasteiger partial charge < -0.3 is 10.3 Å². The molecule has 94 valence electrons. The highest BCUT2D eigenvalue weighted by molar-refractivity contribution is 5.83. The minimum Gasteiger partial charge on any atom is -0.325 e. The molecule has 4 nitrogen and oxygen atoms in total. The average molecular weight is 242 g/mol. The number of hydrogen-bond acceptors (Lipinski definition) is 2. The van der Waals surface area contributed by atoms with Gasteiger partial charge in [-0.1, -0.05) is 26.0 Å². The summed E-state index contributed by atoms with van der Waals surface area (Å²) in [6, 6.07) is 6.37. The Labute approximate surface area is 106 Å². The van der Waals surface area contributed by atoms with Crippen LogP contribution < -0.4 is 5.73 Å². The zero-order valence-corrected chi connectivity index (χ0v) is 11.0. The Morgan fingerprint density at radius 3 is 2.78 bits per heavy atom. The molecular weight excluding hydrogens is 224 g/mol. The second kappa shape index (κ2) is 3.85. The first-order valence-corrected chi connectivity index (χ1v) is 6.28. The molecule has 0 aliphatic carbocycles. The second-order valence-electron chi connectivity index (χ2n) is 5.04. The summed E-state index contributed by atoms with van der Waals surface area (Å²) < 4.78 is 4.19. The fraction of sp³-hybridized carbons (Fsp3) is 0.357. The maximum Gasteiger partial charge on any atom is 0.214 e. The molecule has 0 aliphatic heterocycles. The van der Waals surface area contributed by atoms with E-state index >= 15 is 0 Å². The lowest BCUT2D eigenvalue weighted by molar-refractivity contribution is 0.838. The molecule has 2 aromatic heterocycles. The number of fused-ring (bicyclic) bond motifs is 3. The summed E-state index contributed by atoms with van der Waals surface area (Å²) >= 11 is 0. The van der Waals surface area contributed by atoms with Gasteiger partial charge >= 0.3 is 0 Å². The number of aryl methyl sites for hydroxylation is 1. The minimum atomic E-state index is 0.479. The Bertz CT molecular complexity index is 718. The Morgan fingerprint density at radius 1 is 1.33 bits per heavy atom. The van der Waals surface area contributed by atoms with Gasteiger partial charge in [0.1, 0.15) is 0 Å². The summed E-state index contributed by atoms with van der Waals surface area (Å²) in [5.41, 5.74) is 10.4. The van der Waals surface area contributed by atoms with E-state index in [0.717, 1.165) is 22.5 Å². The first-order valence-electron chi connectivity index (χ1n) is 6.28. The third kappa shape index (κ3) is 1.39. The molecule has 3 aromatic rings. The lowest BCUT2D eigenvalue weighted by atomic mass is 10.0. The van der Waals surface area contributed by atoms with Gasteiger partial charge in [-0.2, -0.15) is 0 Å². The van der Waals surface area contributed by atoms with Crippen LogP contribution in [0.4, 0.5) is 0 Å². The van der Waals surface area contributed by atoms with E-state index in [9.17, 15) is 0 Å². The Kier molecular flexibility index (Phi) is 2.41. The number of para-hydroxylation sites is 1. The van der Waals surface area contributed by atoms with Crippen molar-refractivity contribution >= 4 is 16.8 Å². The maximum absolute atomic E-state index is 5.73.